The molecule has 0 fully saturated rings. The normalized spacial score (nSPS) is 11.6. The minimum Gasteiger partial charge on any atom is -0.376 e. The molecule has 0 aliphatic heterocycles. The molecule has 1 atom stereocenters. The molecule has 1 aromatic carbocycles. The van der Waals surface area contributed by atoms with Gasteiger partial charge in [0.2, 0.25) is 5.82 Å². The number of halogens is 5. The van der Waals surface area contributed by atoms with Gasteiger partial charge >= 0.3 is 0 Å². The minimum atomic E-state index is -2.28. The molecule has 6 heteroatoms. The van der Waals surface area contributed by atoms with Crippen LogP contribution in [0.25, 0.3) is 0 Å². The quantitative estimate of drug-likeness (QED) is 0.350. The van der Waals surface area contributed by atoms with Crippen molar-refractivity contribution in [3.63, 3.8) is 0 Å². The largest absolute Gasteiger partial charge is 0.376 e. The molecular weight excluding hydrogens is 243 g/mol. The fraction of sp³-hybridized carbons (Fsp3) is 0.0909. The summed E-state index contributed by atoms with van der Waals surface area (Å²) in [5, 5.41) is 9.20. The lowest BCUT2D eigenvalue weighted by atomic mass is 10.1. The molecule has 0 saturated carbocycles. The van der Waals surface area contributed by atoms with E-state index in [1.165, 1.54) is 0 Å². The molecule has 0 spiro atoms. The van der Waals surface area contributed by atoms with E-state index < -0.39 is 40.8 Å². The highest BCUT2D eigenvalue weighted by molar-refractivity contribution is 5.31. The third kappa shape index (κ3) is 2.29. The number of benzene rings is 1. The average molecular weight is 248 g/mol. The van der Waals surface area contributed by atoms with E-state index in [4.69, 9.17) is 0 Å². The molecule has 0 aliphatic rings. The lowest BCUT2D eigenvalue weighted by molar-refractivity contribution is 0.219. The van der Waals surface area contributed by atoms with E-state index in [1.807, 2.05) is 11.8 Å². The first kappa shape index (κ1) is 13.2. The Morgan fingerprint density at radius 3 is 1.76 bits per heavy atom. The molecule has 0 heterocycles. The molecule has 90 valence electrons. The molecule has 0 bridgehead atoms. The Hall–Kier alpha value is -1.87. The molecule has 17 heavy (non-hydrogen) atoms. The Balaban J connectivity index is 3.49. The van der Waals surface area contributed by atoms with Crippen molar-refractivity contribution in [2.45, 2.75) is 6.10 Å². The second-order valence-electron chi connectivity index (χ2n) is 2.88. The first-order valence-electron chi connectivity index (χ1n) is 4.23. The maximum absolute atomic E-state index is 13.1. The van der Waals surface area contributed by atoms with Gasteiger partial charge < -0.3 is 5.11 Å². The zero-order valence-electron chi connectivity index (χ0n) is 8.20. The minimum absolute atomic E-state index is 0.995. The van der Waals surface area contributed by atoms with Crippen LogP contribution < -0.4 is 0 Å². The van der Waals surface area contributed by atoms with E-state index >= 15 is 0 Å². The van der Waals surface area contributed by atoms with Gasteiger partial charge in [-0.3, -0.25) is 0 Å². The predicted octanol–water partition coefficient (Wildman–Crippen LogP) is 2.60. The summed E-state index contributed by atoms with van der Waals surface area (Å²) in [6.45, 7) is 3.14. The molecule has 0 aromatic heterocycles. The SMILES string of the molecule is C=CC#CC(O)c1c(F)c(F)c(F)c(F)c1F. The summed E-state index contributed by atoms with van der Waals surface area (Å²) in [5.41, 5.74) is -1.38. The van der Waals surface area contributed by atoms with Crippen molar-refractivity contribution in [1.82, 2.24) is 0 Å². The van der Waals surface area contributed by atoms with Gasteiger partial charge in [0.25, 0.3) is 0 Å². The zero-order valence-corrected chi connectivity index (χ0v) is 8.20. The number of rotatable bonds is 1. The van der Waals surface area contributed by atoms with Crippen LogP contribution in [0.3, 0.4) is 0 Å². The molecule has 1 N–H and O–H groups in total. The molecule has 0 radical (unpaired) electrons. The van der Waals surface area contributed by atoms with Gasteiger partial charge in [0, 0.05) is 0 Å². The van der Waals surface area contributed by atoms with Gasteiger partial charge in [-0.25, -0.2) is 22.0 Å². The second kappa shape index (κ2) is 4.97. The molecule has 1 aromatic rings. The maximum Gasteiger partial charge on any atom is 0.200 e. The van der Waals surface area contributed by atoms with Gasteiger partial charge in [-0.1, -0.05) is 18.4 Å². The molecular formula is C11H5F5O. The van der Waals surface area contributed by atoms with Crippen LogP contribution in [0, 0.1) is 40.9 Å². The Kier molecular flexibility index (Phi) is 3.86. The van der Waals surface area contributed by atoms with Crippen LogP contribution in [0.1, 0.15) is 11.7 Å². The lowest BCUT2D eigenvalue weighted by Crippen LogP contribution is -2.10. The van der Waals surface area contributed by atoms with Gasteiger partial charge in [0.15, 0.2) is 23.3 Å². The summed E-state index contributed by atoms with van der Waals surface area (Å²) >= 11 is 0. The van der Waals surface area contributed by atoms with E-state index in [-0.39, 0.29) is 0 Å². The fourth-order valence-electron chi connectivity index (χ4n) is 1.07. The zero-order chi connectivity index (χ0) is 13.2. The third-order valence-corrected chi connectivity index (χ3v) is 1.84. The molecule has 1 unspecified atom stereocenters. The Morgan fingerprint density at radius 2 is 1.35 bits per heavy atom. The van der Waals surface area contributed by atoms with Crippen molar-refractivity contribution < 1.29 is 27.1 Å². The highest BCUT2D eigenvalue weighted by atomic mass is 19.2. The van der Waals surface area contributed by atoms with Crippen LogP contribution >= 0.6 is 0 Å². The second-order valence-corrected chi connectivity index (χ2v) is 2.88. The number of hydrogen-bond donors (Lipinski definition) is 1. The standard InChI is InChI=1S/C11H5F5O/c1-2-3-4-5(17)6-7(12)9(14)11(16)10(15)8(6)13/h2,5,17H,1H2. The summed E-state index contributed by atoms with van der Waals surface area (Å²) in [5.74, 6) is -6.84. The molecule has 1 rings (SSSR count). The molecule has 0 aliphatic carbocycles. The van der Waals surface area contributed by atoms with Crippen molar-refractivity contribution in [3.8, 4) is 11.8 Å². The summed E-state index contributed by atoms with van der Waals surface area (Å²) in [6, 6.07) is 0. The van der Waals surface area contributed by atoms with E-state index in [1.54, 1.807) is 0 Å². The summed E-state index contributed by atoms with van der Waals surface area (Å²) in [7, 11) is 0. The van der Waals surface area contributed by atoms with Crippen LogP contribution in [-0.2, 0) is 0 Å². The number of allylic oxidation sites excluding steroid dienone is 1. The van der Waals surface area contributed by atoms with Crippen molar-refractivity contribution in [1.29, 1.82) is 0 Å². The highest BCUT2D eigenvalue weighted by Gasteiger charge is 2.28. The van der Waals surface area contributed by atoms with Crippen LogP contribution in [0.4, 0.5) is 22.0 Å². The van der Waals surface area contributed by atoms with Crippen molar-refractivity contribution >= 4 is 0 Å². The summed E-state index contributed by atoms with van der Waals surface area (Å²) < 4.78 is 64.4. The summed E-state index contributed by atoms with van der Waals surface area (Å²) in [6.07, 6.45) is -1.13. The van der Waals surface area contributed by atoms with Crippen LogP contribution in [0.2, 0.25) is 0 Å². The number of hydrogen-bond acceptors (Lipinski definition) is 1. The number of aliphatic hydroxyl groups is 1. The van der Waals surface area contributed by atoms with Gasteiger partial charge in [-0.15, -0.1) is 0 Å². The van der Waals surface area contributed by atoms with Crippen LogP contribution in [-0.4, -0.2) is 5.11 Å². The first-order chi connectivity index (χ1) is 7.91. The third-order valence-electron chi connectivity index (χ3n) is 1.84. The van der Waals surface area contributed by atoms with Gasteiger partial charge in [-0.2, -0.15) is 0 Å². The molecule has 0 saturated heterocycles. The van der Waals surface area contributed by atoms with E-state index in [0.29, 0.717) is 0 Å². The van der Waals surface area contributed by atoms with Crippen LogP contribution in [0.5, 0.6) is 0 Å². The monoisotopic (exact) mass is 248 g/mol. The van der Waals surface area contributed by atoms with Gasteiger partial charge in [0.1, 0.15) is 6.10 Å². The van der Waals surface area contributed by atoms with Crippen molar-refractivity contribution in [2.75, 3.05) is 0 Å². The van der Waals surface area contributed by atoms with Gasteiger partial charge in [0.05, 0.1) is 5.56 Å². The van der Waals surface area contributed by atoms with Crippen molar-refractivity contribution in [2.24, 2.45) is 0 Å². The van der Waals surface area contributed by atoms with Crippen LogP contribution in [0.15, 0.2) is 12.7 Å². The smallest absolute Gasteiger partial charge is 0.200 e. The van der Waals surface area contributed by atoms with Gasteiger partial charge in [-0.05, 0) is 6.08 Å². The van der Waals surface area contributed by atoms with Crippen molar-refractivity contribution in [3.05, 3.63) is 47.3 Å². The predicted molar refractivity (Wildman–Crippen MR) is 49.2 cm³/mol. The topological polar surface area (TPSA) is 20.2 Å². The fourth-order valence-corrected chi connectivity index (χ4v) is 1.07. The van der Waals surface area contributed by atoms with E-state index in [0.717, 1.165) is 6.08 Å². The molecule has 0 amide bonds. The Labute approximate surface area is 93.2 Å². The maximum atomic E-state index is 13.1. The Morgan fingerprint density at radius 1 is 0.941 bits per heavy atom. The highest BCUT2D eigenvalue weighted by Crippen LogP contribution is 2.27. The molecule has 1 nitrogen and oxygen atoms in total. The van der Waals surface area contributed by atoms with E-state index in [2.05, 4.69) is 6.58 Å². The lowest BCUT2D eigenvalue weighted by Gasteiger charge is -2.09. The Bertz CT molecular complexity index is 498. The van der Waals surface area contributed by atoms with E-state index in [9.17, 15) is 27.1 Å². The first-order valence-corrected chi connectivity index (χ1v) is 4.23. The summed E-state index contributed by atoms with van der Waals surface area (Å²) in [4.78, 5) is 0. The number of aliphatic hydroxyl groups excluding tert-OH is 1. The average Bonchev–Trinajstić information content (AvgIpc) is 2.31.